The molecule has 2 nitrogen and oxygen atoms in total. The summed E-state index contributed by atoms with van der Waals surface area (Å²) >= 11 is 0. The minimum Gasteiger partial charge on any atom is -0.491 e. The maximum atomic E-state index is 5.89. The van der Waals surface area contributed by atoms with E-state index in [4.69, 9.17) is 4.74 Å². The fraction of sp³-hybridized carbons (Fsp3) is 0.667. The van der Waals surface area contributed by atoms with Crippen LogP contribution in [-0.2, 0) is 0 Å². The number of nitrogens with one attached hydrogen (secondary N) is 1. The van der Waals surface area contributed by atoms with Gasteiger partial charge in [0.1, 0.15) is 5.75 Å². The first kappa shape index (κ1) is 15.2. The second-order valence-corrected chi connectivity index (χ2v) is 6.13. The van der Waals surface area contributed by atoms with Crippen LogP contribution in [0, 0.1) is 5.92 Å². The van der Waals surface area contributed by atoms with Crippen LogP contribution in [0.25, 0.3) is 0 Å². The maximum absolute atomic E-state index is 5.89. The van der Waals surface area contributed by atoms with Crippen LogP contribution in [0.15, 0.2) is 24.3 Å². The van der Waals surface area contributed by atoms with Crippen LogP contribution in [0.3, 0.4) is 0 Å². The van der Waals surface area contributed by atoms with Crippen LogP contribution in [0.2, 0.25) is 0 Å². The number of hydrogen-bond acceptors (Lipinski definition) is 2. The summed E-state index contributed by atoms with van der Waals surface area (Å²) in [5.41, 5.74) is 1.20. The lowest BCUT2D eigenvalue weighted by Crippen LogP contribution is -2.25. The Balaban J connectivity index is 1.88. The molecule has 0 radical (unpaired) electrons. The minimum absolute atomic E-state index is 0.283. The fourth-order valence-corrected chi connectivity index (χ4v) is 2.93. The van der Waals surface area contributed by atoms with Gasteiger partial charge < -0.3 is 10.1 Å². The molecule has 0 saturated heterocycles. The zero-order valence-electron chi connectivity index (χ0n) is 13.2. The van der Waals surface area contributed by atoms with Crippen LogP contribution in [0.4, 0.5) is 5.69 Å². The summed E-state index contributed by atoms with van der Waals surface area (Å²) in [5.74, 6) is 1.93. The highest BCUT2D eigenvalue weighted by Gasteiger charge is 2.19. The van der Waals surface area contributed by atoms with Crippen molar-refractivity contribution >= 4 is 5.69 Å². The van der Waals surface area contributed by atoms with Crippen molar-refractivity contribution in [1.29, 1.82) is 0 Å². The lowest BCUT2D eigenvalue weighted by atomic mass is 9.84. The van der Waals surface area contributed by atoms with Gasteiger partial charge in [-0.1, -0.05) is 26.3 Å². The van der Waals surface area contributed by atoms with Crippen molar-refractivity contribution in [2.24, 2.45) is 5.92 Å². The highest BCUT2D eigenvalue weighted by Crippen LogP contribution is 2.29. The van der Waals surface area contributed by atoms with Gasteiger partial charge in [-0.25, -0.2) is 0 Å². The van der Waals surface area contributed by atoms with Gasteiger partial charge in [-0.05, 0) is 57.1 Å². The molecule has 0 amide bonds. The molecule has 2 rings (SSSR count). The summed E-state index contributed by atoms with van der Waals surface area (Å²) in [6, 6.07) is 9.05. The summed E-state index contributed by atoms with van der Waals surface area (Å²) in [6.07, 6.45) is 8.01. The van der Waals surface area contributed by atoms with Crippen molar-refractivity contribution in [2.45, 2.75) is 71.4 Å². The van der Waals surface area contributed by atoms with E-state index in [2.05, 4.69) is 44.3 Å². The molecule has 2 heteroatoms. The van der Waals surface area contributed by atoms with Gasteiger partial charge in [0, 0.05) is 17.8 Å². The zero-order chi connectivity index (χ0) is 14.4. The van der Waals surface area contributed by atoms with E-state index in [-0.39, 0.29) is 6.10 Å². The van der Waals surface area contributed by atoms with E-state index in [9.17, 15) is 0 Å². The maximum Gasteiger partial charge on any atom is 0.121 e. The van der Waals surface area contributed by atoms with E-state index in [1.54, 1.807) is 0 Å². The third-order valence-corrected chi connectivity index (χ3v) is 4.54. The molecule has 1 aliphatic carbocycles. The van der Waals surface area contributed by atoms with Crippen LogP contribution < -0.4 is 10.1 Å². The summed E-state index contributed by atoms with van der Waals surface area (Å²) in [7, 11) is 0. The van der Waals surface area contributed by atoms with Gasteiger partial charge in [-0.15, -0.1) is 0 Å². The molecule has 0 heterocycles. The molecule has 1 aromatic rings. The van der Waals surface area contributed by atoms with Crippen molar-refractivity contribution in [3.63, 3.8) is 0 Å². The number of hydrogen-bond donors (Lipinski definition) is 1. The van der Waals surface area contributed by atoms with Crippen molar-refractivity contribution in [3.8, 4) is 5.75 Å². The molecule has 1 atom stereocenters. The topological polar surface area (TPSA) is 21.3 Å². The Kier molecular flexibility index (Phi) is 5.75. The molecule has 0 bridgehead atoms. The SMILES string of the molecule is CCC1CCC(Nc2cccc(OC(C)CC)c2)CC1. The average molecular weight is 275 g/mol. The lowest BCUT2D eigenvalue weighted by Gasteiger charge is -2.29. The molecule has 0 spiro atoms. The van der Waals surface area contributed by atoms with Crippen molar-refractivity contribution in [1.82, 2.24) is 0 Å². The van der Waals surface area contributed by atoms with E-state index in [1.807, 2.05) is 6.07 Å². The van der Waals surface area contributed by atoms with E-state index in [1.165, 1.54) is 37.8 Å². The smallest absolute Gasteiger partial charge is 0.121 e. The third kappa shape index (κ3) is 4.43. The summed E-state index contributed by atoms with van der Waals surface area (Å²) < 4.78 is 5.89. The Labute approximate surface area is 123 Å². The van der Waals surface area contributed by atoms with Crippen molar-refractivity contribution in [3.05, 3.63) is 24.3 Å². The summed E-state index contributed by atoms with van der Waals surface area (Å²) in [4.78, 5) is 0. The first-order valence-electron chi connectivity index (χ1n) is 8.24. The Bertz CT molecular complexity index is 396. The van der Waals surface area contributed by atoms with Gasteiger partial charge in [0.15, 0.2) is 0 Å². The largest absolute Gasteiger partial charge is 0.491 e. The van der Waals surface area contributed by atoms with E-state index < -0.39 is 0 Å². The van der Waals surface area contributed by atoms with Gasteiger partial charge in [-0.3, -0.25) is 0 Å². The van der Waals surface area contributed by atoms with Crippen LogP contribution >= 0.6 is 0 Å². The highest BCUT2D eigenvalue weighted by atomic mass is 16.5. The summed E-state index contributed by atoms with van der Waals surface area (Å²) in [6.45, 7) is 6.58. The van der Waals surface area contributed by atoms with Crippen LogP contribution in [-0.4, -0.2) is 12.1 Å². The zero-order valence-corrected chi connectivity index (χ0v) is 13.2. The van der Waals surface area contributed by atoms with Crippen molar-refractivity contribution in [2.75, 3.05) is 5.32 Å². The molecule has 1 aromatic carbocycles. The molecule has 0 aliphatic heterocycles. The van der Waals surface area contributed by atoms with Crippen LogP contribution in [0.1, 0.15) is 59.3 Å². The molecule has 20 heavy (non-hydrogen) atoms. The molecule has 1 fully saturated rings. The van der Waals surface area contributed by atoms with Gasteiger partial charge >= 0.3 is 0 Å². The second-order valence-electron chi connectivity index (χ2n) is 6.13. The molecule has 112 valence electrons. The second kappa shape index (κ2) is 7.56. The normalized spacial score (nSPS) is 24.1. The molecule has 1 unspecified atom stereocenters. The monoisotopic (exact) mass is 275 g/mol. The first-order chi connectivity index (χ1) is 9.71. The number of ether oxygens (including phenoxy) is 1. The molecule has 1 saturated carbocycles. The van der Waals surface area contributed by atoms with Crippen molar-refractivity contribution < 1.29 is 4.74 Å². The molecular formula is C18H29NO. The van der Waals surface area contributed by atoms with E-state index in [0.29, 0.717) is 6.04 Å². The average Bonchev–Trinajstić information content (AvgIpc) is 2.48. The number of benzene rings is 1. The molecule has 1 N–H and O–H groups in total. The molecular weight excluding hydrogens is 246 g/mol. The van der Waals surface area contributed by atoms with Gasteiger partial charge in [0.25, 0.3) is 0 Å². The van der Waals surface area contributed by atoms with Crippen LogP contribution in [0.5, 0.6) is 5.75 Å². The van der Waals surface area contributed by atoms with Gasteiger partial charge in [0.2, 0.25) is 0 Å². The Morgan fingerprint density at radius 1 is 1.20 bits per heavy atom. The van der Waals surface area contributed by atoms with Gasteiger partial charge in [0.05, 0.1) is 6.10 Å². The lowest BCUT2D eigenvalue weighted by molar-refractivity contribution is 0.217. The number of rotatable bonds is 6. The summed E-state index contributed by atoms with van der Waals surface area (Å²) in [5, 5.41) is 3.68. The first-order valence-corrected chi connectivity index (χ1v) is 8.24. The fourth-order valence-electron chi connectivity index (χ4n) is 2.93. The Morgan fingerprint density at radius 2 is 1.95 bits per heavy atom. The standard InChI is InChI=1S/C18H29NO/c1-4-14(3)20-18-8-6-7-17(13-18)19-16-11-9-15(5-2)10-12-16/h6-8,13-16,19H,4-5,9-12H2,1-3H3. The number of anilines is 1. The quantitative estimate of drug-likeness (QED) is 0.766. The van der Waals surface area contributed by atoms with E-state index >= 15 is 0 Å². The third-order valence-electron chi connectivity index (χ3n) is 4.54. The Morgan fingerprint density at radius 3 is 2.60 bits per heavy atom. The van der Waals surface area contributed by atoms with E-state index in [0.717, 1.165) is 18.1 Å². The molecule has 0 aromatic heterocycles. The highest BCUT2D eigenvalue weighted by molar-refractivity contribution is 5.49. The predicted octanol–water partition coefficient (Wildman–Crippen LogP) is 5.24. The predicted molar refractivity (Wildman–Crippen MR) is 86.5 cm³/mol. The minimum atomic E-state index is 0.283. The Hall–Kier alpha value is -1.18. The van der Waals surface area contributed by atoms with Gasteiger partial charge in [-0.2, -0.15) is 0 Å². The molecule has 1 aliphatic rings.